The number of aromatic nitrogens is 2. The molecule has 0 amide bonds. The van der Waals surface area contributed by atoms with Crippen LogP contribution in [0.15, 0.2) is 51.9 Å². The second kappa shape index (κ2) is 5.42. The molecule has 0 saturated heterocycles. The number of pyridine rings is 1. The van der Waals surface area contributed by atoms with Gasteiger partial charge in [-0.25, -0.2) is 9.37 Å². The van der Waals surface area contributed by atoms with Gasteiger partial charge in [0.25, 0.3) is 5.56 Å². The summed E-state index contributed by atoms with van der Waals surface area (Å²) in [6, 6.07) is 10.0. The van der Waals surface area contributed by atoms with Crippen LogP contribution in [0.25, 0.3) is 17.3 Å². The Kier molecular flexibility index (Phi) is 3.38. The number of nitrogens with zero attached hydrogens (tertiary/aromatic N) is 2. The lowest BCUT2D eigenvalue weighted by molar-refractivity contribution is 0.628. The van der Waals surface area contributed by atoms with Crippen LogP contribution >= 0.6 is 15.9 Å². The lowest BCUT2D eigenvalue weighted by atomic mass is 10.1. The van der Waals surface area contributed by atoms with E-state index in [4.69, 9.17) is 0 Å². The zero-order chi connectivity index (χ0) is 16.0. The van der Waals surface area contributed by atoms with Crippen molar-refractivity contribution in [2.75, 3.05) is 0 Å². The second-order valence-electron chi connectivity index (χ2n) is 5.54. The Hall–Kier alpha value is -2.27. The minimum absolute atomic E-state index is 0.0196. The highest BCUT2D eigenvalue weighted by atomic mass is 79.9. The predicted molar refractivity (Wildman–Crippen MR) is 91.8 cm³/mol. The van der Waals surface area contributed by atoms with Gasteiger partial charge in [-0.1, -0.05) is 12.1 Å². The summed E-state index contributed by atoms with van der Waals surface area (Å²) in [5, 5.41) is 0. The van der Waals surface area contributed by atoms with Gasteiger partial charge in [0.1, 0.15) is 11.5 Å². The van der Waals surface area contributed by atoms with E-state index >= 15 is 0 Å². The molecule has 0 atom stereocenters. The average molecular weight is 371 g/mol. The first-order valence-electron chi connectivity index (χ1n) is 7.29. The molecule has 2 heterocycles. The molecule has 3 nitrogen and oxygen atoms in total. The van der Waals surface area contributed by atoms with E-state index in [1.54, 1.807) is 22.7 Å². The van der Waals surface area contributed by atoms with Crippen LogP contribution in [0.5, 0.6) is 0 Å². The van der Waals surface area contributed by atoms with Crippen molar-refractivity contribution in [2.45, 2.75) is 12.8 Å². The maximum atomic E-state index is 13.0. The third-order valence-corrected chi connectivity index (χ3v) is 4.51. The van der Waals surface area contributed by atoms with Crippen molar-refractivity contribution >= 4 is 33.2 Å². The lowest BCUT2D eigenvalue weighted by Crippen LogP contribution is -2.19. The molecule has 1 aromatic carbocycles. The first kappa shape index (κ1) is 14.3. The summed E-state index contributed by atoms with van der Waals surface area (Å²) in [5.41, 5.74) is 4.05. The maximum Gasteiger partial charge on any atom is 0.261 e. The van der Waals surface area contributed by atoms with E-state index in [-0.39, 0.29) is 11.4 Å². The Labute approximate surface area is 140 Å². The molecular weight excluding hydrogens is 359 g/mol. The highest BCUT2D eigenvalue weighted by Crippen LogP contribution is 2.30. The second-order valence-corrected chi connectivity index (χ2v) is 6.46. The Balaban J connectivity index is 1.88. The van der Waals surface area contributed by atoms with Gasteiger partial charge in [0.15, 0.2) is 0 Å². The van der Waals surface area contributed by atoms with Gasteiger partial charge in [0.05, 0.1) is 5.69 Å². The quantitative estimate of drug-likeness (QED) is 0.646. The summed E-state index contributed by atoms with van der Waals surface area (Å²) >= 11 is 3.38. The number of halogens is 2. The zero-order valence-electron chi connectivity index (χ0n) is 12.1. The van der Waals surface area contributed by atoms with E-state index in [2.05, 4.69) is 20.9 Å². The lowest BCUT2D eigenvalue weighted by Gasteiger charge is -2.05. The molecule has 0 unspecified atom stereocenters. The fourth-order valence-corrected chi connectivity index (χ4v) is 3.26. The molecule has 0 saturated carbocycles. The Morgan fingerprint density at radius 2 is 1.91 bits per heavy atom. The van der Waals surface area contributed by atoms with E-state index < -0.39 is 0 Å². The number of hydrogen-bond acceptors (Lipinski definition) is 2. The average Bonchev–Trinajstić information content (AvgIpc) is 2.94. The van der Waals surface area contributed by atoms with Crippen LogP contribution < -0.4 is 5.56 Å². The van der Waals surface area contributed by atoms with Gasteiger partial charge in [-0.2, -0.15) is 0 Å². The van der Waals surface area contributed by atoms with E-state index in [0.717, 1.165) is 33.3 Å². The Morgan fingerprint density at radius 1 is 1.13 bits per heavy atom. The molecule has 4 rings (SSSR count). The maximum absolute atomic E-state index is 13.0. The molecule has 0 bridgehead atoms. The van der Waals surface area contributed by atoms with Crippen LogP contribution in [-0.2, 0) is 6.42 Å². The van der Waals surface area contributed by atoms with Gasteiger partial charge < -0.3 is 0 Å². The minimum atomic E-state index is -0.257. The molecule has 2 aromatic heterocycles. The van der Waals surface area contributed by atoms with Gasteiger partial charge in [0.2, 0.25) is 0 Å². The van der Waals surface area contributed by atoms with E-state index in [1.165, 1.54) is 12.1 Å². The van der Waals surface area contributed by atoms with Gasteiger partial charge in [-0.15, -0.1) is 0 Å². The summed E-state index contributed by atoms with van der Waals surface area (Å²) < 4.78 is 15.4. The number of rotatable bonds is 1. The molecular formula is C18H12BrFN2O. The van der Waals surface area contributed by atoms with Crippen LogP contribution in [0.4, 0.5) is 4.39 Å². The summed E-state index contributed by atoms with van der Waals surface area (Å²) in [6.07, 6.45) is 5.18. The van der Waals surface area contributed by atoms with Gasteiger partial charge in [-0.05, 0) is 70.2 Å². The molecule has 3 aromatic rings. The number of benzene rings is 1. The topological polar surface area (TPSA) is 34.4 Å². The molecule has 1 aliphatic rings. The normalized spacial score (nSPS) is 15.3. The van der Waals surface area contributed by atoms with Crippen molar-refractivity contribution in [1.29, 1.82) is 0 Å². The molecule has 0 spiro atoms. The standard InChI is InChI=1S/C18H12BrFN2O/c19-13-4-8-16-21-17-12(9-11-1-5-14(20)6-2-11)3-7-15(17)18(23)22(16)10-13/h1-2,4-6,8-10H,3,7H2. The fourth-order valence-electron chi connectivity index (χ4n) is 2.92. The van der Waals surface area contributed by atoms with E-state index in [1.807, 2.05) is 18.2 Å². The van der Waals surface area contributed by atoms with Crippen LogP contribution in [0.2, 0.25) is 0 Å². The molecule has 0 fully saturated rings. The van der Waals surface area contributed by atoms with Crippen LogP contribution in [0.3, 0.4) is 0 Å². The molecule has 0 N–H and O–H groups in total. The largest absolute Gasteiger partial charge is 0.269 e. The molecule has 0 aliphatic heterocycles. The van der Waals surface area contributed by atoms with Crippen molar-refractivity contribution in [2.24, 2.45) is 0 Å². The first-order valence-corrected chi connectivity index (χ1v) is 8.08. The zero-order valence-corrected chi connectivity index (χ0v) is 13.7. The monoisotopic (exact) mass is 370 g/mol. The van der Waals surface area contributed by atoms with Crippen molar-refractivity contribution in [1.82, 2.24) is 9.38 Å². The van der Waals surface area contributed by atoms with Gasteiger partial charge in [0, 0.05) is 16.2 Å². The molecule has 23 heavy (non-hydrogen) atoms. The summed E-state index contributed by atoms with van der Waals surface area (Å²) in [7, 11) is 0. The third kappa shape index (κ3) is 2.51. The SMILES string of the molecule is O=c1c2c(nc3ccc(Br)cn13)C(=Cc1ccc(F)cc1)CC2. The molecule has 1 aliphatic carbocycles. The number of fused-ring (bicyclic) bond motifs is 2. The number of hydrogen-bond donors (Lipinski definition) is 0. The highest BCUT2D eigenvalue weighted by Gasteiger charge is 2.22. The Bertz CT molecular complexity index is 1010. The fraction of sp³-hybridized carbons (Fsp3) is 0.111. The van der Waals surface area contributed by atoms with Crippen molar-refractivity contribution in [3.05, 3.63) is 80.1 Å². The van der Waals surface area contributed by atoms with Crippen LogP contribution in [0.1, 0.15) is 23.2 Å². The minimum Gasteiger partial charge on any atom is -0.269 e. The van der Waals surface area contributed by atoms with Crippen molar-refractivity contribution in [3.8, 4) is 0 Å². The first-order chi connectivity index (χ1) is 11.1. The van der Waals surface area contributed by atoms with Crippen molar-refractivity contribution < 1.29 is 4.39 Å². The van der Waals surface area contributed by atoms with Crippen LogP contribution in [-0.4, -0.2) is 9.38 Å². The van der Waals surface area contributed by atoms with Gasteiger partial charge >= 0.3 is 0 Å². The Morgan fingerprint density at radius 3 is 2.70 bits per heavy atom. The van der Waals surface area contributed by atoms with E-state index in [9.17, 15) is 9.18 Å². The summed E-state index contributed by atoms with van der Waals surface area (Å²) in [6.45, 7) is 0. The highest BCUT2D eigenvalue weighted by molar-refractivity contribution is 9.10. The molecule has 0 radical (unpaired) electrons. The van der Waals surface area contributed by atoms with Crippen molar-refractivity contribution in [3.63, 3.8) is 0 Å². The number of allylic oxidation sites excluding steroid dienone is 1. The molecule has 114 valence electrons. The summed E-state index contributed by atoms with van der Waals surface area (Å²) in [5.74, 6) is -0.257. The summed E-state index contributed by atoms with van der Waals surface area (Å²) in [4.78, 5) is 17.3. The van der Waals surface area contributed by atoms with Crippen LogP contribution in [0, 0.1) is 5.82 Å². The predicted octanol–water partition coefficient (Wildman–Crippen LogP) is 4.08. The van der Waals surface area contributed by atoms with Gasteiger partial charge in [-0.3, -0.25) is 9.20 Å². The molecule has 5 heteroatoms. The smallest absolute Gasteiger partial charge is 0.261 e. The van der Waals surface area contributed by atoms with E-state index in [0.29, 0.717) is 12.1 Å². The third-order valence-electron chi connectivity index (χ3n) is 4.04.